The number of nitrogens with zero attached hydrogens (tertiary/aromatic N) is 2. The van der Waals surface area contributed by atoms with Gasteiger partial charge in [0.25, 0.3) is 0 Å². The van der Waals surface area contributed by atoms with Gasteiger partial charge in [0.2, 0.25) is 11.8 Å². The third kappa shape index (κ3) is 5.67. The number of methoxy groups -OCH3 is 1. The second kappa shape index (κ2) is 9.37. The average Bonchev–Trinajstić information content (AvgIpc) is 3.13. The fraction of sp³-hybridized carbons (Fsp3) is 0.474. The molecule has 1 aromatic carbocycles. The minimum absolute atomic E-state index is 0.110. The van der Waals surface area contributed by atoms with Crippen LogP contribution in [0.5, 0.6) is 5.75 Å². The molecule has 1 aliphatic heterocycles. The van der Waals surface area contributed by atoms with E-state index in [-0.39, 0.29) is 36.5 Å². The Morgan fingerprint density at radius 3 is 2.69 bits per heavy atom. The van der Waals surface area contributed by atoms with Crippen LogP contribution in [-0.4, -0.2) is 65.2 Å². The van der Waals surface area contributed by atoms with E-state index in [9.17, 15) is 14.4 Å². The van der Waals surface area contributed by atoms with Crippen LogP contribution in [0.15, 0.2) is 23.0 Å². The number of aromatic amines is 2. The van der Waals surface area contributed by atoms with Crippen molar-refractivity contribution in [2.75, 3.05) is 38.6 Å². The maximum atomic E-state index is 12.2. The topological polar surface area (TPSA) is 132 Å². The number of rotatable bonds is 7. The van der Waals surface area contributed by atoms with Crippen molar-refractivity contribution in [3.8, 4) is 5.75 Å². The Morgan fingerprint density at radius 2 is 2.03 bits per heavy atom. The van der Waals surface area contributed by atoms with E-state index in [1.807, 2.05) is 24.0 Å². The van der Waals surface area contributed by atoms with E-state index >= 15 is 0 Å². The molecule has 4 N–H and O–H groups in total. The summed E-state index contributed by atoms with van der Waals surface area (Å²) in [5.41, 5.74) is 1.26. The number of carbonyl (C=O) groups is 2. The number of likely N-dealkylation sites (tertiary alicyclic amines) is 1. The molecule has 1 aromatic heterocycles. The van der Waals surface area contributed by atoms with Crippen LogP contribution < -0.4 is 21.1 Å². The van der Waals surface area contributed by atoms with Crippen molar-refractivity contribution in [2.24, 2.45) is 0 Å². The van der Waals surface area contributed by atoms with Crippen LogP contribution >= 0.6 is 0 Å². The molecular weight excluding hydrogens is 376 g/mol. The summed E-state index contributed by atoms with van der Waals surface area (Å²) < 4.78 is 5.23. The molecule has 0 radical (unpaired) electrons. The summed E-state index contributed by atoms with van der Waals surface area (Å²) in [4.78, 5) is 40.2. The molecule has 0 spiro atoms. The maximum Gasteiger partial charge on any atom is 0.340 e. The van der Waals surface area contributed by atoms with Crippen molar-refractivity contribution >= 4 is 17.5 Å². The van der Waals surface area contributed by atoms with Crippen molar-refractivity contribution in [3.63, 3.8) is 0 Å². The fourth-order valence-corrected chi connectivity index (χ4v) is 3.39. The number of amides is 2. The number of hydrogen-bond donors (Lipinski definition) is 4. The van der Waals surface area contributed by atoms with Crippen LogP contribution in [0.3, 0.4) is 0 Å². The number of nitrogens with one attached hydrogen (secondary N) is 4. The zero-order valence-electron chi connectivity index (χ0n) is 16.6. The number of H-pyrrole nitrogens is 2. The molecule has 0 unspecified atom stereocenters. The normalized spacial score (nSPS) is 15.1. The first-order chi connectivity index (χ1) is 13.9. The van der Waals surface area contributed by atoms with Gasteiger partial charge in [-0.1, -0.05) is 6.07 Å². The van der Waals surface area contributed by atoms with Gasteiger partial charge in [-0.3, -0.25) is 19.5 Å². The fourth-order valence-electron chi connectivity index (χ4n) is 3.39. The van der Waals surface area contributed by atoms with Gasteiger partial charge in [0.05, 0.1) is 25.9 Å². The number of hydrogen-bond acceptors (Lipinski definition) is 6. The van der Waals surface area contributed by atoms with Gasteiger partial charge in [-0.15, -0.1) is 0 Å². The van der Waals surface area contributed by atoms with Gasteiger partial charge in [0.1, 0.15) is 11.6 Å². The first kappa shape index (κ1) is 20.6. The average molecular weight is 402 g/mol. The predicted octanol–water partition coefficient (Wildman–Crippen LogP) is 0.349. The predicted molar refractivity (Wildman–Crippen MR) is 107 cm³/mol. The summed E-state index contributed by atoms with van der Waals surface area (Å²) in [7, 11) is 1.54. The second-order valence-electron chi connectivity index (χ2n) is 7.14. The molecule has 10 nitrogen and oxygen atoms in total. The lowest BCUT2D eigenvalue weighted by molar-refractivity contribution is -0.125. The monoisotopic (exact) mass is 402 g/mol. The molecule has 156 valence electrons. The molecule has 2 aromatic rings. The van der Waals surface area contributed by atoms with Crippen molar-refractivity contribution < 1.29 is 14.3 Å². The van der Waals surface area contributed by atoms with Gasteiger partial charge in [-0.25, -0.2) is 9.89 Å². The van der Waals surface area contributed by atoms with Crippen LogP contribution in [0.4, 0.5) is 5.69 Å². The molecule has 2 heterocycles. The molecule has 3 rings (SSSR count). The van der Waals surface area contributed by atoms with E-state index in [4.69, 9.17) is 4.74 Å². The van der Waals surface area contributed by atoms with Gasteiger partial charge >= 0.3 is 5.69 Å². The molecule has 0 aliphatic carbocycles. The van der Waals surface area contributed by atoms with Gasteiger partial charge in [-0.2, -0.15) is 5.10 Å². The Morgan fingerprint density at radius 1 is 1.28 bits per heavy atom. The summed E-state index contributed by atoms with van der Waals surface area (Å²) in [5, 5.41) is 11.8. The zero-order valence-corrected chi connectivity index (χ0v) is 16.6. The largest absolute Gasteiger partial charge is 0.495 e. The van der Waals surface area contributed by atoms with Crippen LogP contribution in [0.1, 0.15) is 30.1 Å². The molecule has 10 heteroatoms. The number of benzene rings is 1. The van der Waals surface area contributed by atoms with Crippen LogP contribution in [0.2, 0.25) is 0 Å². The minimum atomic E-state index is -0.316. The summed E-state index contributed by atoms with van der Waals surface area (Å²) in [6.07, 6.45) is 1.61. The number of anilines is 1. The molecule has 1 fully saturated rings. The Balaban J connectivity index is 1.40. The van der Waals surface area contributed by atoms with Gasteiger partial charge < -0.3 is 15.4 Å². The van der Waals surface area contributed by atoms with E-state index in [1.54, 1.807) is 6.07 Å². The molecule has 0 bridgehead atoms. The Kier molecular flexibility index (Phi) is 6.65. The van der Waals surface area contributed by atoms with E-state index in [0.717, 1.165) is 31.5 Å². The Bertz CT molecular complexity index is 913. The van der Waals surface area contributed by atoms with Crippen LogP contribution in [-0.2, 0) is 9.59 Å². The summed E-state index contributed by atoms with van der Waals surface area (Å²) in [6, 6.07) is 5.49. The highest BCUT2D eigenvalue weighted by Gasteiger charge is 2.24. The summed E-state index contributed by atoms with van der Waals surface area (Å²) in [5.74, 6) is 0.897. The minimum Gasteiger partial charge on any atom is -0.495 e. The third-order valence-electron chi connectivity index (χ3n) is 4.94. The molecule has 1 saturated heterocycles. The molecule has 0 saturated carbocycles. The number of aryl methyl sites for hydroxylation is 1. The smallest absolute Gasteiger partial charge is 0.340 e. The van der Waals surface area contributed by atoms with E-state index in [1.165, 1.54) is 7.11 Å². The number of piperidine rings is 1. The number of carbonyl (C=O) groups excluding carboxylic acids is 2. The summed E-state index contributed by atoms with van der Waals surface area (Å²) in [6.45, 7) is 3.48. The van der Waals surface area contributed by atoms with Crippen LogP contribution in [0, 0.1) is 6.92 Å². The molecule has 2 amide bonds. The van der Waals surface area contributed by atoms with Crippen molar-refractivity contribution in [3.05, 3.63) is 40.1 Å². The SMILES string of the molecule is COc1ccc(C)cc1NC(=O)CNC(=O)CN1CCC(c2n[nH]c(=O)[nH]2)CC1. The Hall–Kier alpha value is -3.14. The van der Waals surface area contributed by atoms with Crippen molar-refractivity contribution in [1.29, 1.82) is 0 Å². The van der Waals surface area contributed by atoms with Gasteiger partial charge in [-0.05, 0) is 50.6 Å². The molecule has 1 aliphatic rings. The highest BCUT2D eigenvalue weighted by atomic mass is 16.5. The lowest BCUT2D eigenvalue weighted by Crippen LogP contribution is -2.43. The van der Waals surface area contributed by atoms with Gasteiger partial charge in [0, 0.05) is 5.92 Å². The maximum absolute atomic E-state index is 12.2. The standard InChI is InChI=1S/C19H26N6O4/c1-12-3-4-15(29-2)14(9-12)21-16(26)10-20-17(27)11-25-7-5-13(6-8-25)18-22-19(28)24-23-18/h3-4,9,13H,5-8,10-11H2,1-2H3,(H,20,27)(H,21,26)(H2,22,23,24,28). The van der Waals surface area contributed by atoms with Crippen LogP contribution in [0.25, 0.3) is 0 Å². The molecule has 29 heavy (non-hydrogen) atoms. The van der Waals surface area contributed by atoms with E-state index < -0.39 is 0 Å². The van der Waals surface area contributed by atoms with Crippen molar-refractivity contribution in [2.45, 2.75) is 25.7 Å². The summed E-state index contributed by atoms with van der Waals surface area (Å²) >= 11 is 0. The molecular formula is C19H26N6O4. The lowest BCUT2D eigenvalue weighted by atomic mass is 9.96. The first-order valence-electron chi connectivity index (χ1n) is 9.52. The quantitative estimate of drug-likeness (QED) is 0.528. The molecule has 0 atom stereocenters. The highest BCUT2D eigenvalue weighted by molar-refractivity contribution is 5.96. The number of aromatic nitrogens is 3. The zero-order chi connectivity index (χ0) is 20.8. The van der Waals surface area contributed by atoms with E-state index in [0.29, 0.717) is 17.3 Å². The third-order valence-corrected chi connectivity index (χ3v) is 4.94. The highest BCUT2D eigenvalue weighted by Crippen LogP contribution is 2.25. The Labute approximate surface area is 168 Å². The van der Waals surface area contributed by atoms with Crippen molar-refractivity contribution in [1.82, 2.24) is 25.4 Å². The lowest BCUT2D eigenvalue weighted by Gasteiger charge is -2.30. The number of ether oxygens (including phenoxy) is 1. The van der Waals surface area contributed by atoms with Gasteiger partial charge in [0.15, 0.2) is 0 Å². The first-order valence-corrected chi connectivity index (χ1v) is 9.52. The van der Waals surface area contributed by atoms with E-state index in [2.05, 4.69) is 25.8 Å². The second-order valence-corrected chi connectivity index (χ2v) is 7.14.